The van der Waals surface area contributed by atoms with Gasteiger partial charge in [0.2, 0.25) is 0 Å². The topological polar surface area (TPSA) is 53.1 Å². The summed E-state index contributed by atoms with van der Waals surface area (Å²) in [6.07, 6.45) is 3.64. The first-order valence-corrected chi connectivity index (χ1v) is 5.09. The first kappa shape index (κ1) is 10.7. The lowest BCUT2D eigenvalue weighted by molar-refractivity contribution is 0.414. The molecule has 2 N–H and O–H groups in total. The molecular formula is C12H15N3O. The average molecular weight is 217 g/mol. The maximum absolute atomic E-state index is 6.13. The van der Waals surface area contributed by atoms with Gasteiger partial charge in [-0.05, 0) is 17.7 Å². The highest BCUT2D eigenvalue weighted by atomic mass is 16.5. The maximum atomic E-state index is 6.13. The molecule has 2 aromatic rings. The van der Waals surface area contributed by atoms with Crippen LogP contribution in [0.5, 0.6) is 5.75 Å². The number of aryl methyl sites for hydroxylation is 1. The Morgan fingerprint density at radius 3 is 2.50 bits per heavy atom. The van der Waals surface area contributed by atoms with Crippen LogP contribution in [0.3, 0.4) is 0 Å². The van der Waals surface area contributed by atoms with Gasteiger partial charge in [0.1, 0.15) is 11.6 Å². The van der Waals surface area contributed by atoms with Gasteiger partial charge < -0.3 is 15.0 Å². The first-order chi connectivity index (χ1) is 7.72. The summed E-state index contributed by atoms with van der Waals surface area (Å²) < 4.78 is 7.03. The molecule has 1 aromatic carbocycles. The van der Waals surface area contributed by atoms with Crippen LogP contribution in [0.2, 0.25) is 0 Å². The first-order valence-electron chi connectivity index (χ1n) is 5.09. The van der Waals surface area contributed by atoms with E-state index in [-0.39, 0.29) is 6.04 Å². The lowest BCUT2D eigenvalue weighted by Crippen LogP contribution is -2.16. The summed E-state index contributed by atoms with van der Waals surface area (Å²) in [7, 11) is 3.58. The molecule has 0 saturated heterocycles. The third-order valence-electron chi connectivity index (χ3n) is 2.61. The number of nitrogens with zero attached hydrogens (tertiary/aromatic N) is 2. The smallest absolute Gasteiger partial charge is 0.129 e. The van der Waals surface area contributed by atoms with Crippen molar-refractivity contribution in [3.63, 3.8) is 0 Å². The van der Waals surface area contributed by atoms with Gasteiger partial charge in [-0.15, -0.1) is 0 Å². The minimum absolute atomic E-state index is 0.203. The number of ether oxygens (including phenoxy) is 1. The Bertz CT molecular complexity index is 461. The van der Waals surface area contributed by atoms with Gasteiger partial charge in [-0.25, -0.2) is 4.98 Å². The van der Waals surface area contributed by atoms with Crippen molar-refractivity contribution in [2.75, 3.05) is 7.11 Å². The van der Waals surface area contributed by atoms with E-state index in [0.29, 0.717) is 0 Å². The predicted molar refractivity (Wildman–Crippen MR) is 62.2 cm³/mol. The minimum Gasteiger partial charge on any atom is -0.497 e. The van der Waals surface area contributed by atoms with Crippen LogP contribution in [0.15, 0.2) is 36.7 Å². The van der Waals surface area contributed by atoms with Gasteiger partial charge in [0, 0.05) is 19.4 Å². The highest BCUT2D eigenvalue weighted by Gasteiger charge is 2.12. The van der Waals surface area contributed by atoms with Crippen molar-refractivity contribution in [2.24, 2.45) is 12.8 Å². The summed E-state index contributed by atoms with van der Waals surface area (Å²) in [5.74, 6) is 1.68. The molecule has 0 spiro atoms. The van der Waals surface area contributed by atoms with Crippen molar-refractivity contribution in [1.82, 2.24) is 9.55 Å². The van der Waals surface area contributed by atoms with Crippen LogP contribution < -0.4 is 10.5 Å². The largest absolute Gasteiger partial charge is 0.497 e. The summed E-state index contributed by atoms with van der Waals surface area (Å²) in [5, 5.41) is 0. The number of aromatic nitrogens is 2. The van der Waals surface area contributed by atoms with Crippen molar-refractivity contribution in [1.29, 1.82) is 0 Å². The molecule has 2 rings (SSSR count). The molecule has 0 unspecified atom stereocenters. The molecule has 0 amide bonds. The van der Waals surface area contributed by atoms with Crippen LogP contribution >= 0.6 is 0 Å². The SMILES string of the molecule is COc1ccc([C@@H](N)c2nccn2C)cc1. The number of rotatable bonds is 3. The van der Waals surface area contributed by atoms with Crippen LogP contribution in [0, 0.1) is 0 Å². The second-order valence-corrected chi connectivity index (χ2v) is 3.65. The highest BCUT2D eigenvalue weighted by Crippen LogP contribution is 2.20. The Morgan fingerprint density at radius 2 is 2.00 bits per heavy atom. The molecule has 16 heavy (non-hydrogen) atoms. The summed E-state index contributed by atoms with van der Waals surface area (Å²) in [5.41, 5.74) is 7.15. The van der Waals surface area contributed by atoms with Gasteiger partial charge in [-0.3, -0.25) is 0 Å². The number of hydrogen-bond donors (Lipinski definition) is 1. The van der Waals surface area contributed by atoms with Crippen LogP contribution in [0.1, 0.15) is 17.4 Å². The van der Waals surface area contributed by atoms with E-state index < -0.39 is 0 Å². The summed E-state index contributed by atoms with van der Waals surface area (Å²) >= 11 is 0. The third-order valence-corrected chi connectivity index (χ3v) is 2.61. The zero-order valence-corrected chi connectivity index (χ0v) is 9.42. The number of imidazole rings is 1. The lowest BCUT2D eigenvalue weighted by Gasteiger charge is -2.12. The lowest BCUT2D eigenvalue weighted by atomic mass is 10.1. The normalized spacial score (nSPS) is 12.4. The molecule has 0 saturated carbocycles. The van der Waals surface area contributed by atoms with E-state index in [1.165, 1.54) is 0 Å². The van der Waals surface area contributed by atoms with Crippen molar-refractivity contribution in [3.8, 4) is 5.75 Å². The van der Waals surface area contributed by atoms with Crippen molar-refractivity contribution < 1.29 is 4.74 Å². The molecule has 1 atom stereocenters. The standard InChI is InChI=1S/C12H15N3O/c1-15-8-7-14-12(15)11(13)9-3-5-10(16-2)6-4-9/h3-8,11H,13H2,1-2H3/t11-/m1/s1. The van der Waals surface area contributed by atoms with E-state index in [2.05, 4.69) is 4.98 Å². The minimum atomic E-state index is -0.203. The Morgan fingerprint density at radius 1 is 1.31 bits per heavy atom. The van der Waals surface area contributed by atoms with Crippen LogP contribution in [0.25, 0.3) is 0 Å². The summed E-state index contributed by atoms with van der Waals surface area (Å²) in [6, 6.07) is 7.51. The van der Waals surface area contributed by atoms with Crippen molar-refractivity contribution >= 4 is 0 Å². The molecule has 4 nitrogen and oxygen atoms in total. The third kappa shape index (κ3) is 1.92. The highest BCUT2D eigenvalue weighted by molar-refractivity contribution is 5.31. The molecule has 0 fully saturated rings. The van der Waals surface area contributed by atoms with E-state index in [1.54, 1.807) is 13.3 Å². The zero-order chi connectivity index (χ0) is 11.5. The number of nitrogens with two attached hydrogens (primary N) is 1. The summed E-state index contributed by atoms with van der Waals surface area (Å²) in [4.78, 5) is 4.24. The maximum Gasteiger partial charge on any atom is 0.129 e. The van der Waals surface area contributed by atoms with E-state index in [4.69, 9.17) is 10.5 Å². The molecule has 84 valence electrons. The fourth-order valence-electron chi connectivity index (χ4n) is 1.64. The Hall–Kier alpha value is -1.81. The van der Waals surface area contributed by atoms with Crippen LogP contribution in [-0.4, -0.2) is 16.7 Å². The predicted octanol–water partition coefficient (Wildman–Crippen LogP) is 1.48. The van der Waals surface area contributed by atoms with Crippen LogP contribution in [0.4, 0.5) is 0 Å². The Balaban J connectivity index is 2.27. The monoisotopic (exact) mass is 217 g/mol. The molecular weight excluding hydrogens is 202 g/mol. The number of benzene rings is 1. The molecule has 0 aliphatic carbocycles. The van der Waals surface area contributed by atoms with Gasteiger partial charge in [0.05, 0.1) is 13.2 Å². The molecule has 4 heteroatoms. The molecule has 0 radical (unpaired) electrons. The Labute approximate surface area is 94.7 Å². The van der Waals surface area contributed by atoms with Crippen LogP contribution in [-0.2, 0) is 7.05 Å². The fraction of sp³-hybridized carbons (Fsp3) is 0.250. The van der Waals surface area contributed by atoms with Gasteiger partial charge in [0.25, 0.3) is 0 Å². The zero-order valence-electron chi connectivity index (χ0n) is 9.42. The molecule has 1 heterocycles. The van der Waals surface area contributed by atoms with Gasteiger partial charge in [-0.1, -0.05) is 12.1 Å². The molecule has 0 aliphatic heterocycles. The van der Waals surface area contributed by atoms with Gasteiger partial charge in [-0.2, -0.15) is 0 Å². The number of hydrogen-bond acceptors (Lipinski definition) is 3. The van der Waals surface area contributed by atoms with Crippen molar-refractivity contribution in [3.05, 3.63) is 48.0 Å². The average Bonchev–Trinajstić information content (AvgIpc) is 2.75. The second kappa shape index (κ2) is 4.37. The molecule has 1 aromatic heterocycles. The Kier molecular flexibility index (Phi) is 2.92. The van der Waals surface area contributed by atoms with E-state index in [9.17, 15) is 0 Å². The fourth-order valence-corrected chi connectivity index (χ4v) is 1.64. The van der Waals surface area contributed by atoms with Gasteiger partial charge >= 0.3 is 0 Å². The molecule has 0 bridgehead atoms. The van der Waals surface area contributed by atoms with Crippen molar-refractivity contribution in [2.45, 2.75) is 6.04 Å². The van der Waals surface area contributed by atoms with E-state index >= 15 is 0 Å². The number of methoxy groups -OCH3 is 1. The molecule has 0 aliphatic rings. The van der Waals surface area contributed by atoms with E-state index in [1.807, 2.05) is 42.1 Å². The second-order valence-electron chi connectivity index (χ2n) is 3.65. The van der Waals surface area contributed by atoms with E-state index in [0.717, 1.165) is 17.1 Å². The quantitative estimate of drug-likeness (QED) is 0.847. The van der Waals surface area contributed by atoms with Gasteiger partial charge in [0.15, 0.2) is 0 Å². The summed E-state index contributed by atoms with van der Waals surface area (Å²) in [6.45, 7) is 0.